The van der Waals surface area contributed by atoms with E-state index in [1.165, 1.54) is 12.1 Å². The number of nitrogens with zero attached hydrogens (tertiary/aromatic N) is 1. The maximum atomic E-state index is 12.6. The normalized spacial score (nSPS) is 22.1. The van der Waals surface area contributed by atoms with Crippen LogP contribution in [0.2, 0.25) is 0 Å². The largest absolute Gasteiger partial charge is 0.338 e. The summed E-state index contributed by atoms with van der Waals surface area (Å²) >= 11 is -2.11. The van der Waals surface area contributed by atoms with E-state index in [0.717, 1.165) is 6.42 Å². The second-order valence-corrected chi connectivity index (χ2v) is 5.61. The van der Waals surface area contributed by atoms with Gasteiger partial charge in [0.25, 0.3) is 11.7 Å². The third-order valence-electron chi connectivity index (χ3n) is 3.56. The van der Waals surface area contributed by atoms with Crippen LogP contribution in [0.4, 0.5) is 5.69 Å². The van der Waals surface area contributed by atoms with E-state index in [0.29, 0.717) is 31.0 Å². The third kappa shape index (κ3) is 1.81. The van der Waals surface area contributed by atoms with Gasteiger partial charge in [-0.05, 0) is 31.5 Å². The van der Waals surface area contributed by atoms with Crippen molar-refractivity contribution in [2.75, 3.05) is 24.7 Å². The number of carbonyl (C=O) groups excluding carboxylic acids is 1. The zero-order valence-corrected chi connectivity index (χ0v) is 11.8. The van der Waals surface area contributed by atoms with Crippen molar-refractivity contribution < 1.29 is 23.0 Å². The molecule has 0 aliphatic carbocycles. The highest BCUT2D eigenvalue weighted by molar-refractivity contribution is 7.79. The smallest absolute Gasteiger partial charge is 0.292 e. The molecule has 1 unspecified atom stereocenters. The van der Waals surface area contributed by atoms with Gasteiger partial charge in [0, 0.05) is 12.1 Å². The van der Waals surface area contributed by atoms with E-state index in [9.17, 15) is 13.6 Å². The van der Waals surface area contributed by atoms with Gasteiger partial charge in [-0.15, -0.1) is 0 Å². The Balaban J connectivity index is 2.17. The summed E-state index contributed by atoms with van der Waals surface area (Å²) < 4.78 is 31.7. The fourth-order valence-electron chi connectivity index (χ4n) is 2.65. The summed E-state index contributed by atoms with van der Waals surface area (Å²) in [6, 6.07) is 4.72. The predicted molar refractivity (Wildman–Crippen MR) is 71.7 cm³/mol. The molecule has 2 heterocycles. The SMILES string of the molecule is CCN1C(=O)C2(OCCCO2)c2cc(S(=O)O)ccc21. The Kier molecular flexibility index (Phi) is 3.37. The zero-order valence-electron chi connectivity index (χ0n) is 11.0. The Labute approximate surface area is 119 Å². The van der Waals surface area contributed by atoms with Gasteiger partial charge in [0.1, 0.15) is 0 Å². The van der Waals surface area contributed by atoms with Gasteiger partial charge >= 0.3 is 0 Å². The quantitative estimate of drug-likeness (QED) is 0.831. The number of ether oxygens (including phenoxy) is 2. The maximum absolute atomic E-state index is 12.6. The second-order valence-electron chi connectivity index (χ2n) is 4.64. The van der Waals surface area contributed by atoms with Crippen molar-refractivity contribution in [3.63, 3.8) is 0 Å². The molecule has 1 N–H and O–H groups in total. The highest BCUT2D eigenvalue weighted by atomic mass is 32.2. The van der Waals surface area contributed by atoms with Crippen molar-refractivity contribution in [3.8, 4) is 0 Å². The van der Waals surface area contributed by atoms with Gasteiger partial charge in [-0.3, -0.25) is 4.79 Å². The molecule has 1 fully saturated rings. The Morgan fingerprint density at radius 2 is 2.10 bits per heavy atom. The number of benzene rings is 1. The number of hydrogen-bond donors (Lipinski definition) is 1. The van der Waals surface area contributed by atoms with Crippen LogP contribution in [0.3, 0.4) is 0 Å². The number of amides is 1. The van der Waals surface area contributed by atoms with Crippen molar-refractivity contribution in [1.82, 2.24) is 0 Å². The predicted octanol–water partition coefficient (Wildman–Crippen LogP) is 1.22. The van der Waals surface area contributed by atoms with E-state index in [2.05, 4.69) is 0 Å². The number of carbonyl (C=O) groups is 1. The highest BCUT2D eigenvalue weighted by Gasteiger charge is 2.54. The topological polar surface area (TPSA) is 76.1 Å². The van der Waals surface area contributed by atoms with Gasteiger partial charge in [-0.1, -0.05) is 0 Å². The summed E-state index contributed by atoms with van der Waals surface area (Å²) in [7, 11) is 0. The van der Waals surface area contributed by atoms with E-state index in [-0.39, 0.29) is 10.8 Å². The van der Waals surface area contributed by atoms with Crippen LogP contribution in [-0.4, -0.2) is 34.4 Å². The zero-order chi connectivity index (χ0) is 14.3. The molecule has 1 spiro atoms. The maximum Gasteiger partial charge on any atom is 0.292 e. The lowest BCUT2D eigenvalue weighted by atomic mass is 10.1. The van der Waals surface area contributed by atoms with Crippen LogP contribution >= 0.6 is 0 Å². The summed E-state index contributed by atoms with van der Waals surface area (Å²) in [4.78, 5) is 14.4. The molecule has 2 aliphatic heterocycles. The first-order chi connectivity index (χ1) is 9.60. The molecular formula is C13H15NO5S. The van der Waals surface area contributed by atoms with Crippen LogP contribution in [0.25, 0.3) is 0 Å². The van der Waals surface area contributed by atoms with Crippen LogP contribution in [0.5, 0.6) is 0 Å². The molecule has 1 amide bonds. The molecule has 20 heavy (non-hydrogen) atoms. The summed E-state index contributed by atoms with van der Waals surface area (Å²) in [5, 5.41) is 0. The summed E-state index contributed by atoms with van der Waals surface area (Å²) in [6.45, 7) is 3.20. The van der Waals surface area contributed by atoms with Crippen molar-refractivity contribution in [3.05, 3.63) is 23.8 Å². The first kappa shape index (κ1) is 13.7. The molecule has 0 aromatic heterocycles. The minimum atomic E-state index is -2.11. The van der Waals surface area contributed by atoms with Gasteiger partial charge in [-0.25, -0.2) is 4.21 Å². The van der Waals surface area contributed by atoms with E-state index in [1.54, 1.807) is 11.0 Å². The number of rotatable bonds is 2. The van der Waals surface area contributed by atoms with Crippen LogP contribution in [0.1, 0.15) is 18.9 Å². The third-order valence-corrected chi connectivity index (χ3v) is 4.21. The summed E-state index contributed by atoms with van der Waals surface area (Å²) in [5.74, 6) is -1.71. The minimum absolute atomic E-state index is 0.228. The highest BCUT2D eigenvalue weighted by Crippen LogP contribution is 2.45. The van der Waals surface area contributed by atoms with Crippen LogP contribution in [0.15, 0.2) is 23.1 Å². The monoisotopic (exact) mass is 297 g/mol. The first-order valence-electron chi connectivity index (χ1n) is 6.45. The van der Waals surface area contributed by atoms with Crippen molar-refractivity contribution in [2.45, 2.75) is 24.0 Å². The van der Waals surface area contributed by atoms with E-state index in [1.807, 2.05) is 6.92 Å². The van der Waals surface area contributed by atoms with E-state index in [4.69, 9.17) is 9.47 Å². The van der Waals surface area contributed by atoms with Gasteiger partial charge in [0.05, 0.1) is 23.8 Å². The molecule has 0 radical (unpaired) electrons. The second kappa shape index (κ2) is 4.92. The van der Waals surface area contributed by atoms with Gasteiger partial charge in [0.2, 0.25) is 0 Å². The fourth-order valence-corrected chi connectivity index (χ4v) is 3.05. The summed E-state index contributed by atoms with van der Waals surface area (Å²) in [6.07, 6.45) is 0.724. The Morgan fingerprint density at radius 3 is 2.70 bits per heavy atom. The minimum Gasteiger partial charge on any atom is -0.338 e. The van der Waals surface area contributed by atoms with Crippen LogP contribution in [-0.2, 0) is 31.1 Å². The lowest BCUT2D eigenvalue weighted by Crippen LogP contribution is -2.47. The lowest BCUT2D eigenvalue weighted by Gasteiger charge is -2.32. The van der Waals surface area contributed by atoms with Crippen LogP contribution < -0.4 is 4.90 Å². The first-order valence-corrected chi connectivity index (χ1v) is 7.56. The molecule has 0 bridgehead atoms. The van der Waals surface area contributed by atoms with E-state index < -0.39 is 16.9 Å². The molecule has 1 aromatic carbocycles. The molecule has 1 aromatic rings. The number of likely N-dealkylation sites (N-methyl/N-ethyl adjacent to an activating group) is 1. The average Bonchev–Trinajstić information content (AvgIpc) is 2.69. The van der Waals surface area contributed by atoms with Crippen molar-refractivity contribution >= 4 is 22.7 Å². The Morgan fingerprint density at radius 1 is 1.40 bits per heavy atom. The molecule has 6 nitrogen and oxygen atoms in total. The summed E-state index contributed by atoms with van der Waals surface area (Å²) in [5.41, 5.74) is 1.19. The molecule has 7 heteroatoms. The number of anilines is 1. The van der Waals surface area contributed by atoms with Crippen molar-refractivity contribution in [2.24, 2.45) is 0 Å². The molecule has 3 rings (SSSR count). The van der Waals surface area contributed by atoms with E-state index >= 15 is 0 Å². The molecule has 0 saturated carbocycles. The Bertz CT molecular complexity index is 582. The molecular weight excluding hydrogens is 282 g/mol. The standard InChI is InChI=1S/C13H15NO5S/c1-2-14-11-5-4-9(20(16)17)8-10(11)13(12(14)15)18-6-3-7-19-13/h4-5,8H,2-3,6-7H2,1H3,(H,16,17). The molecule has 1 saturated heterocycles. The Hall–Kier alpha value is -1.28. The van der Waals surface area contributed by atoms with Gasteiger partial charge in [0.15, 0.2) is 11.1 Å². The lowest BCUT2D eigenvalue weighted by molar-refractivity contribution is -0.256. The number of hydrogen-bond acceptors (Lipinski definition) is 4. The van der Waals surface area contributed by atoms with Gasteiger partial charge in [-0.2, -0.15) is 0 Å². The van der Waals surface area contributed by atoms with Gasteiger partial charge < -0.3 is 18.9 Å². The fraction of sp³-hybridized carbons (Fsp3) is 0.462. The molecule has 2 aliphatic rings. The molecule has 108 valence electrons. The number of fused-ring (bicyclic) bond motifs is 2. The molecule has 1 atom stereocenters. The average molecular weight is 297 g/mol. The van der Waals surface area contributed by atoms with Crippen LogP contribution in [0, 0.1) is 0 Å². The van der Waals surface area contributed by atoms with Crippen molar-refractivity contribution in [1.29, 1.82) is 0 Å².